The van der Waals surface area contributed by atoms with Gasteiger partial charge in [0.1, 0.15) is 102 Å². The number of fused-ring (bicyclic) bond motifs is 6. The number of aryl methyl sites for hydroxylation is 11. The highest BCUT2D eigenvalue weighted by Crippen LogP contribution is 2.34. The second-order valence-corrected chi connectivity index (χ2v) is 30.6. The first-order chi connectivity index (χ1) is 58.8. The maximum atomic E-state index is 14.2. The zero-order valence-corrected chi connectivity index (χ0v) is 73.9. The molecular weight excluding hydrogens is 1870 g/mol. The SMILES string of the molecule is Cc1ccccc1-n1c(Cn2nc(-c3ccc(O)c(F)c3)c3c(N)ncnc32)nc2c(C)nn(C)c2c1=O.Cc1ccccc1-n1c(Cn2nc(I)c3c(N)ncnc32)nc2c(C)nn(C)c2c1=O.Cc1ccccc1NC(=O)c1c(N)c(C)nn1C.Cc1nn(C)c2c(=O)n(-c3ccccc3)c(CCl)nc12.Nc1ncnc2n[nH]c(I)c12.O=C(Cl)CCl. The number of anilines is 5. The van der Waals surface area contributed by atoms with Crippen molar-refractivity contribution >= 4 is 186 Å². The molecule has 0 fully saturated rings. The van der Waals surface area contributed by atoms with Crippen molar-refractivity contribution in [1.82, 2.24) is 127 Å². The monoisotopic (exact) mass is 1940 g/mol. The van der Waals surface area contributed by atoms with E-state index in [2.05, 4.69) is 121 Å². The number of nitrogens with one attached hydrogen (secondary N) is 2. The molecule has 13 aromatic heterocycles. The van der Waals surface area contributed by atoms with Gasteiger partial charge in [-0.2, -0.15) is 35.7 Å². The van der Waals surface area contributed by atoms with Crippen LogP contribution < -0.4 is 44.9 Å². The van der Waals surface area contributed by atoms with E-state index in [1.54, 1.807) is 69.9 Å². The van der Waals surface area contributed by atoms with Gasteiger partial charge in [0.15, 0.2) is 45.1 Å². The molecule has 0 aliphatic heterocycles. The Hall–Kier alpha value is -13.6. The number of aromatic amines is 1. The number of rotatable bonds is 12. The Morgan fingerprint density at radius 2 is 0.967 bits per heavy atom. The van der Waals surface area contributed by atoms with Crippen molar-refractivity contribution in [3.8, 4) is 34.1 Å². The van der Waals surface area contributed by atoms with Crippen LogP contribution in [0.15, 0.2) is 155 Å². The van der Waals surface area contributed by atoms with Gasteiger partial charge in [-0.25, -0.2) is 58.6 Å². The topological polar surface area (TPSA) is 488 Å². The summed E-state index contributed by atoms with van der Waals surface area (Å²) in [5.41, 5.74) is 37.7. The van der Waals surface area contributed by atoms with Gasteiger partial charge in [0.05, 0.1) is 73.4 Å². The second kappa shape index (κ2) is 36.8. The van der Waals surface area contributed by atoms with Crippen molar-refractivity contribution in [3.63, 3.8) is 0 Å². The molecule has 0 radical (unpaired) electrons. The van der Waals surface area contributed by atoms with Crippen LogP contribution in [0.4, 0.5) is 33.2 Å². The Labute approximate surface area is 738 Å². The minimum Gasteiger partial charge on any atom is -0.505 e. The highest BCUT2D eigenvalue weighted by atomic mass is 127. The van der Waals surface area contributed by atoms with Crippen molar-refractivity contribution < 1.29 is 19.1 Å². The number of halogens is 6. The fourth-order valence-electron chi connectivity index (χ4n) is 13.6. The van der Waals surface area contributed by atoms with E-state index < -0.39 is 16.8 Å². The zero-order chi connectivity index (χ0) is 88.3. The molecule has 37 nitrogen and oxygen atoms in total. The van der Waals surface area contributed by atoms with Gasteiger partial charge < -0.3 is 33.4 Å². The van der Waals surface area contributed by atoms with Gasteiger partial charge in [-0.05, 0) is 170 Å². The molecule has 0 unspecified atom stereocenters. The lowest BCUT2D eigenvalue weighted by atomic mass is 10.1. The van der Waals surface area contributed by atoms with E-state index >= 15 is 0 Å². The van der Waals surface area contributed by atoms with E-state index in [1.165, 1.54) is 51.1 Å². The molecule has 0 atom stereocenters. The summed E-state index contributed by atoms with van der Waals surface area (Å²) in [5.74, 6) is 0.983. The van der Waals surface area contributed by atoms with Crippen LogP contribution in [0.25, 0.3) is 94.5 Å². The predicted molar refractivity (Wildman–Crippen MR) is 485 cm³/mol. The van der Waals surface area contributed by atoms with E-state index in [0.29, 0.717) is 139 Å². The van der Waals surface area contributed by atoms with Crippen molar-refractivity contribution in [1.29, 1.82) is 0 Å². The number of phenols is 1. The summed E-state index contributed by atoms with van der Waals surface area (Å²) in [6, 6.07) is 36.1. The Bertz CT molecular complexity index is 7340. The summed E-state index contributed by atoms with van der Waals surface area (Å²) < 4.78 is 29.9. The molecule has 43 heteroatoms. The van der Waals surface area contributed by atoms with Crippen molar-refractivity contribution in [3.05, 3.63) is 247 Å². The van der Waals surface area contributed by atoms with E-state index in [-0.39, 0.29) is 53.3 Å². The number of nitrogens with two attached hydrogens (primary N) is 4. The minimum absolute atomic E-state index is 0.0430. The van der Waals surface area contributed by atoms with Crippen molar-refractivity contribution in [2.45, 2.75) is 67.4 Å². The number of carbonyl (C=O) groups is 2. The minimum atomic E-state index is -0.798. The lowest BCUT2D eigenvalue weighted by molar-refractivity contribution is -0.109. The highest BCUT2D eigenvalue weighted by molar-refractivity contribution is 14.1. The number of hydrogen-bond donors (Lipinski definition) is 7. The number of alkyl halides is 2. The molecule has 628 valence electrons. The molecule has 1 amide bonds. The lowest BCUT2D eigenvalue weighted by Crippen LogP contribution is -2.27. The van der Waals surface area contributed by atoms with Gasteiger partial charge in [-0.15, -0.1) is 23.2 Å². The smallest absolute Gasteiger partial charge is 0.284 e. The standard InChI is InChI=1S/C26H22FN9O2.C20H18IN9O.C14H13ClN4O.C13H16N4O.C5H4IN5.C2H2Cl2O/c1-13-6-4-5-7-17(13)36-19(31-21-14(2)32-34(3)23(21)26(36)38)11-35-25-20(24(28)29-12-30-25)22(33-35)15-8-9-18(37)16(27)10-15;1-10-6-4-5-7-12(10)30-13(25-15-11(2)26-28(3)16(15)20(30)31)8-29-19-14(17(21)27-29)18(22)23-9-24-19;1-9-12-13(18(2)17-9)14(20)19(11(8-15)16-12)10-6-4-3-5-7-10;1-8-6-4-5-7-10(8)15-13(18)12-11(14)9(2)16-17(12)3;6-3-2-4(7)8-1-9-5(2)11-10-3;3-1-2(4)5/h4-10,12,37H,11H2,1-3H3,(H2,28,29,30);4-7,9H,8H2,1-3H3,(H2,22,23,24);3-7H,8H2,1-2H3;4-7H,14H2,1-3H3,(H,15,18);1H,(H3,7,8,9,10,11);1H2. The summed E-state index contributed by atoms with van der Waals surface area (Å²) in [6.07, 6.45) is 4.12. The van der Waals surface area contributed by atoms with Crippen LogP contribution in [-0.2, 0) is 52.0 Å². The van der Waals surface area contributed by atoms with Gasteiger partial charge in [-0.1, -0.05) is 72.8 Å². The summed E-state index contributed by atoms with van der Waals surface area (Å²) in [7, 11) is 6.91. The van der Waals surface area contributed by atoms with Gasteiger partial charge in [0.2, 0.25) is 5.24 Å². The van der Waals surface area contributed by atoms with Crippen LogP contribution in [0, 0.1) is 61.7 Å². The first-order valence-corrected chi connectivity index (χ1v) is 40.6. The maximum absolute atomic E-state index is 14.2. The molecule has 5 aromatic carbocycles. The number of phenolic OH excluding ortho intramolecular Hbond substituents is 1. The molecule has 0 saturated carbocycles. The number of carbonyl (C=O) groups excluding carboxylic acids is 2. The van der Waals surface area contributed by atoms with E-state index in [1.807, 2.05) is 138 Å². The number of para-hydroxylation sites is 4. The fraction of sp³-hybridized carbons (Fsp3) is 0.188. The first kappa shape index (κ1) is 87.2. The molecule has 18 rings (SSSR count). The molecule has 18 aromatic rings. The molecule has 0 saturated heterocycles. The van der Waals surface area contributed by atoms with Gasteiger partial charge >= 0.3 is 0 Å². The van der Waals surface area contributed by atoms with E-state index in [0.717, 1.165) is 48.5 Å². The van der Waals surface area contributed by atoms with Crippen molar-refractivity contribution in [2.75, 3.05) is 34.1 Å². The summed E-state index contributed by atoms with van der Waals surface area (Å²) in [5, 5.41) is 47.0. The number of aromatic hydroxyl groups is 1. The summed E-state index contributed by atoms with van der Waals surface area (Å²) in [4.78, 5) is 101. The number of nitrogens with zero attached hydrogens (tertiary/aromatic N) is 25. The molecule has 0 bridgehead atoms. The number of nitrogen functional groups attached to an aromatic ring is 4. The first-order valence-electron chi connectivity index (χ1n) is 37.0. The van der Waals surface area contributed by atoms with Crippen LogP contribution in [0.1, 0.15) is 67.4 Å². The Kier molecular flexibility index (Phi) is 26.1. The van der Waals surface area contributed by atoms with Crippen LogP contribution >= 0.6 is 80.0 Å². The highest BCUT2D eigenvalue weighted by Gasteiger charge is 2.27. The fourth-order valence-corrected chi connectivity index (χ4v) is 15.2. The Balaban J connectivity index is 0.000000137. The van der Waals surface area contributed by atoms with Gasteiger partial charge in [0.25, 0.3) is 22.6 Å². The second-order valence-electron chi connectivity index (χ2n) is 27.5. The molecule has 0 spiro atoms. The zero-order valence-electron chi connectivity index (χ0n) is 67.4. The maximum Gasteiger partial charge on any atom is 0.284 e. The third kappa shape index (κ3) is 17.7. The van der Waals surface area contributed by atoms with Crippen LogP contribution in [0.2, 0.25) is 0 Å². The van der Waals surface area contributed by atoms with Crippen LogP contribution in [-0.4, -0.2) is 150 Å². The van der Waals surface area contributed by atoms with Gasteiger partial charge in [0, 0.05) is 39.4 Å². The molecule has 0 aliphatic carbocycles. The Morgan fingerprint density at radius 1 is 0.520 bits per heavy atom. The van der Waals surface area contributed by atoms with E-state index in [4.69, 9.17) is 72.8 Å². The third-order valence-electron chi connectivity index (χ3n) is 19.3. The van der Waals surface area contributed by atoms with Crippen LogP contribution in [0.5, 0.6) is 5.75 Å². The molecule has 13 heterocycles. The quantitative estimate of drug-likeness (QED) is 0.0339. The number of benzene rings is 5. The number of amides is 1. The van der Waals surface area contributed by atoms with Crippen molar-refractivity contribution in [2.24, 2.45) is 28.2 Å². The van der Waals surface area contributed by atoms with E-state index in [9.17, 15) is 33.5 Å². The van der Waals surface area contributed by atoms with Crippen LogP contribution in [0.3, 0.4) is 0 Å². The average molecular weight is 1950 g/mol. The van der Waals surface area contributed by atoms with Gasteiger partial charge in [-0.3, -0.25) is 61.5 Å². The molecule has 0 aliphatic rings. The lowest BCUT2D eigenvalue weighted by Gasteiger charge is -2.15. The molecule has 123 heavy (non-hydrogen) atoms. The number of H-pyrrole nitrogens is 1. The summed E-state index contributed by atoms with van der Waals surface area (Å²) in [6.45, 7) is 13.3. The predicted octanol–water partition coefficient (Wildman–Crippen LogP) is 10.7. The Morgan fingerprint density at radius 3 is 1.45 bits per heavy atom. The molecule has 11 N–H and O–H groups in total. The number of aromatic nitrogens is 26. The molecular formula is C80H75Cl3FI2N31O6. The normalized spacial score (nSPS) is 11.1. The summed E-state index contributed by atoms with van der Waals surface area (Å²) >= 11 is 19.7. The largest absolute Gasteiger partial charge is 0.505 e. The third-order valence-corrected chi connectivity index (χ3v) is 21.6. The number of hydrogen-bond acceptors (Lipinski definition) is 26. The average Bonchev–Trinajstić information content (AvgIpc) is 1.64.